The Morgan fingerprint density at radius 1 is 1.09 bits per heavy atom. The second-order valence-electron chi connectivity index (χ2n) is 7.01. The van der Waals surface area contributed by atoms with Crippen molar-refractivity contribution in [2.45, 2.75) is 12.8 Å². The van der Waals surface area contributed by atoms with E-state index < -0.39 is 11.9 Å². The molecule has 0 saturated carbocycles. The summed E-state index contributed by atoms with van der Waals surface area (Å²) in [4.78, 5) is 45.1. The van der Waals surface area contributed by atoms with E-state index in [-0.39, 0.29) is 11.8 Å². The fourth-order valence-electron chi connectivity index (χ4n) is 3.01. The van der Waals surface area contributed by atoms with Crippen LogP contribution in [0.3, 0.4) is 0 Å². The number of nitrogens with one attached hydrogen (secondary N) is 1. The van der Waals surface area contributed by atoms with Gasteiger partial charge in [-0.25, -0.2) is 19.6 Å². The maximum absolute atomic E-state index is 12.3. The van der Waals surface area contributed by atoms with E-state index in [1.165, 1.54) is 0 Å². The summed E-state index contributed by atoms with van der Waals surface area (Å²) >= 11 is 0. The topological polar surface area (TPSA) is 181 Å². The van der Waals surface area contributed by atoms with Crippen molar-refractivity contribution in [3.63, 3.8) is 0 Å². The van der Waals surface area contributed by atoms with E-state index in [9.17, 15) is 4.79 Å². The average Bonchev–Trinajstić information content (AvgIpc) is 3.28. The summed E-state index contributed by atoms with van der Waals surface area (Å²) in [5.74, 6) is -1.62. The normalized spacial score (nSPS) is 13.2. The van der Waals surface area contributed by atoms with Gasteiger partial charge in [-0.05, 0) is 25.1 Å². The van der Waals surface area contributed by atoms with Crippen molar-refractivity contribution in [1.82, 2.24) is 25.0 Å². The van der Waals surface area contributed by atoms with Crippen molar-refractivity contribution >= 4 is 23.5 Å². The predicted octanol–water partition coefficient (Wildman–Crippen LogP) is 1.12. The van der Waals surface area contributed by atoms with Gasteiger partial charge in [0.15, 0.2) is 0 Å². The van der Waals surface area contributed by atoms with Crippen molar-refractivity contribution in [2.24, 2.45) is 0 Å². The number of hydrogen-bond donors (Lipinski definition) is 3. The van der Waals surface area contributed by atoms with Crippen LogP contribution in [0.2, 0.25) is 0 Å². The Kier molecular flexibility index (Phi) is 8.18. The van der Waals surface area contributed by atoms with Gasteiger partial charge in [0.25, 0.3) is 0 Å². The molecule has 1 aromatic carbocycles. The van der Waals surface area contributed by atoms with Crippen molar-refractivity contribution in [2.75, 3.05) is 31.6 Å². The average molecular weight is 470 g/mol. The molecule has 3 N–H and O–H groups in total. The smallest absolute Gasteiger partial charge is 0.414 e. The molecule has 178 valence electrons. The third-order valence-electron chi connectivity index (χ3n) is 4.53. The first-order valence-electron chi connectivity index (χ1n) is 10.2. The number of anilines is 1. The number of carbonyl (C=O) groups is 3. The highest BCUT2D eigenvalue weighted by Crippen LogP contribution is 2.27. The minimum absolute atomic E-state index is 0.0884. The van der Waals surface area contributed by atoms with Crippen LogP contribution in [0.5, 0.6) is 5.75 Å². The quantitative estimate of drug-likeness (QED) is 0.419. The van der Waals surface area contributed by atoms with Crippen LogP contribution in [0, 0.1) is 0 Å². The van der Waals surface area contributed by atoms with Gasteiger partial charge < -0.3 is 24.8 Å². The van der Waals surface area contributed by atoms with Crippen molar-refractivity contribution in [3.8, 4) is 17.4 Å². The largest absolute Gasteiger partial charge is 0.492 e. The summed E-state index contributed by atoms with van der Waals surface area (Å²) in [6.07, 6.45) is 3.26. The highest BCUT2D eigenvalue weighted by molar-refractivity contribution is 6.27. The van der Waals surface area contributed by atoms with Crippen LogP contribution in [0.1, 0.15) is 18.7 Å². The summed E-state index contributed by atoms with van der Waals surface area (Å²) in [6.45, 7) is 4.10. The molecule has 2 aromatic heterocycles. The molecule has 3 heterocycles. The molecule has 13 nitrogen and oxygen atoms in total. The highest BCUT2D eigenvalue weighted by Gasteiger charge is 2.34. The maximum Gasteiger partial charge on any atom is 0.414 e. The predicted molar refractivity (Wildman–Crippen MR) is 116 cm³/mol. The number of benzene rings is 1. The first kappa shape index (κ1) is 24.3. The number of aromatic nitrogens is 4. The Hall–Kier alpha value is -4.39. The number of hydrogen-bond acceptors (Lipinski definition) is 10. The van der Waals surface area contributed by atoms with Crippen LogP contribution in [0.4, 0.5) is 5.69 Å². The molecule has 0 atom stereocenters. The summed E-state index contributed by atoms with van der Waals surface area (Å²) in [6, 6.07) is 9.13. The lowest BCUT2D eigenvalue weighted by Crippen LogP contribution is -2.48. The molecule has 34 heavy (non-hydrogen) atoms. The molecule has 0 aliphatic carbocycles. The fraction of sp³-hybridized carbons (Fsp3) is 0.286. The van der Waals surface area contributed by atoms with E-state index in [1.54, 1.807) is 18.5 Å². The second-order valence-corrected chi connectivity index (χ2v) is 7.01. The molecule has 0 unspecified atom stereocenters. The Bertz CT molecular complexity index is 1120. The van der Waals surface area contributed by atoms with Gasteiger partial charge in [0.2, 0.25) is 23.4 Å². The van der Waals surface area contributed by atoms with Crippen LogP contribution in [0.25, 0.3) is 11.6 Å². The first-order chi connectivity index (χ1) is 16.4. The Labute approximate surface area is 193 Å². The molecular weight excluding hydrogens is 448 g/mol. The van der Waals surface area contributed by atoms with E-state index in [0.717, 1.165) is 0 Å². The zero-order valence-corrected chi connectivity index (χ0v) is 18.1. The monoisotopic (exact) mass is 470 g/mol. The lowest BCUT2D eigenvalue weighted by atomic mass is 10.0. The fourth-order valence-corrected chi connectivity index (χ4v) is 3.01. The molecule has 1 aliphatic rings. The van der Waals surface area contributed by atoms with Crippen molar-refractivity contribution < 1.29 is 33.9 Å². The van der Waals surface area contributed by atoms with Crippen molar-refractivity contribution in [1.29, 1.82) is 0 Å². The van der Waals surface area contributed by atoms with Crippen LogP contribution in [-0.2, 0) is 14.4 Å². The number of likely N-dealkylation sites (tertiary alicyclic amines) is 1. The molecule has 1 fully saturated rings. The van der Waals surface area contributed by atoms with Gasteiger partial charge in [-0.1, -0.05) is 17.3 Å². The molecule has 3 aromatic rings. The number of rotatable bonds is 7. The number of carbonyl (C=O) groups excluding carboxylic acids is 1. The molecule has 13 heteroatoms. The number of amides is 1. The summed E-state index contributed by atoms with van der Waals surface area (Å²) in [5.41, 5.74) is 0.677. The van der Waals surface area contributed by atoms with Crippen molar-refractivity contribution in [3.05, 3.63) is 48.6 Å². The highest BCUT2D eigenvalue weighted by atomic mass is 16.5. The van der Waals surface area contributed by atoms with Gasteiger partial charge in [0, 0.05) is 25.5 Å². The standard InChI is InChI=1S/C19H20N6O3.C2H2O4/c1-2-27-15-7-4-3-6-14(15)22-16(26)12-25-10-13(11-25)19-23-18(24-28-19)17-20-8-5-9-21-17;3-1(4)2(5)6/h3-9,13H,2,10-12H2,1H3,(H,22,26);(H,3,4)(H,5,6). The minimum Gasteiger partial charge on any atom is -0.492 e. The van der Waals surface area contributed by atoms with E-state index in [1.807, 2.05) is 36.1 Å². The minimum atomic E-state index is -1.82. The molecule has 0 spiro atoms. The van der Waals surface area contributed by atoms with Gasteiger partial charge in [-0.15, -0.1) is 0 Å². The number of nitrogens with zero attached hydrogens (tertiary/aromatic N) is 5. The van der Waals surface area contributed by atoms with Crippen LogP contribution < -0.4 is 10.1 Å². The number of aliphatic carboxylic acids is 2. The molecule has 4 rings (SSSR count). The van der Waals surface area contributed by atoms with E-state index >= 15 is 0 Å². The molecule has 0 bridgehead atoms. The Balaban J connectivity index is 0.000000481. The number of carboxylic acids is 2. The van der Waals surface area contributed by atoms with E-state index in [4.69, 9.17) is 29.1 Å². The molecule has 0 radical (unpaired) electrons. The van der Waals surface area contributed by atoms with Gasteiger partial charge in [-0.3, -0.25) is 9.69 Å². The van der Waals surface area contributed by atoms with Gasteiger partial charge in [-0.2, -0.15) is 4.98 Å². The third kappa shape index (κ3) is 6.56. The number of ether oxygens (including phenoxy) is 1. The third-order valence-corrected chi connectivity index (χ3v) is 4.53. The van der Waals surface area contributed by atoms with Gasteiger partial charge in [0.05, 0.1) is 24.8 Å². The first-order valence-corrected chi connectivity index (χ1v) is 10.2. The molecule has 1 saturated heterocycles. The maximum atomic E-state index is 12.3. The zero-order valence-electron chi connectivity index (χ0n) is 18.1. The van der Waals surface area contributed by atoms with Crippen LogP contribution in [0.15, 0.2) is 47.2 Å². The molecule has 1 amide bonds. The van der Waals surface area contributed by atoms with Gasteiger partial charge in [0.1, 0.15) is 5.75 Å². The second kappa shape index (κ2) is 11.5. The van der Waals surface area contributed by atoms with E-state index in [2.05, 4.69) is 25.4 Å². The Morgan fingerprint density at radius 3 is 2.41 bits per heavy atom. The number of carboxylic acid groups (broad SMARTS) is 2. The zero-order chi connectivity index (χ0) is 24.5. The SMILES string of the molecule is CCOc1ccccc1NC(=O)CN1CC(c2nc(-c3ncccn3)no2)C1.O=C(O)C(=O)O. The summed E-state index contributed by atoms with van der Waals surface area (Å²) < 4.78 is 10.9. The Morgan fingerprint density at radius 2 is 1.76 bits per heavy atom. The molecular formula is C21H22N6O7. The lowest BCUT2D eigenvalue weighted by Gasteiger charge is -2.36. The number of para-hydroxylation sites is 2. The van der Waals surface area contributed by atoms with Crippen LogP contribution >= 0.6 is 0 Å². The van der Waals surface area contributed by atoms with Crippen LogP contribution in [-0.4, -0.2) is 79.3 Å². The van der Waals surface area contributed by atoms with E-state index in [0.29, 0.717) is 55.2 Å². The van der Waals surface area contributed by atoms with Gasteiger partial charge >= 0.3 is 11.9 Å². The summed E-state index contributed by atoms with van der Waals surface area (Å²) in [5, 5.41) is 21.6. The summed E-state index contributed by atoms with van der Waals surface area (Å²) in [7, 11) is 0. The lowest BCUT2D eigenvalue weighted by molar-refractivity contribution is -0.159. The molecule has 1 aliphatic heterocycles.